The molecule has 1 atom stereocenters. The molecule has 18 heavy (non-hydrogen) atoms. The Labute approximate surface area is 109 Å². The van der Waals surface area contributed by atoms with Crippen LogP contribution < -0.4 is 5.32 Å². The molecular weight excluding hydrogens is 224 g/mol. The Bertz CT molecular complexity index is 414. The predicted octanol–water partition coefficient (Wildman–Crippen LogP) is 2.03. The van der Waals surface area contributed by atoms with Gasteiger partial charge in [-0.1, -0.05) is 44.2 Å². The third-order valence-electron chi connectivity index (χ3n) is 3.40. The van der Waals surface area contributed by atoms with Gasteiger partial charge in [-0.15, -0.1) is 0 Å². The average Bonchev–Trinajstić information content (AvgIpc) is 2.43. The van der Waals surface area contributed by atoms with Crippen LogP contribution in [0.3, 0.4) is 0 Å². The van der Waals surface area contributed by atoms with E-state index in [1.807, 2.05) is 30.0 Å². The van der Waals surface area contributed by atoms with Crippen molar-refractivity contribution in [2.45, 2.75) is 33.4 Å². The van der Waals surface area contributed by atoms with Crippen molar-refractivity contribution < 1.29 is 4.79 Å². The maximum Gasteiger partial charge on any atom is 0.239 e. The van der Waals surface area contributed by atoms with E-state index in [-0.39, 0.29) is 17.4 Å². The first-order valence-electron chi connectivity index (χ1n) is 6.54. The molecule has 1 saturated heterocycles. The summed E-state index contributed by atoms with van der Waals surface area (Å²) in [7, 11) is 0. The molecule has 3 nitrogen and oxygen atoms in total. The highest BCUT2D eigenvalue weighted by Crippen LogP contribution is 2.21. The molecule has 0 aromatic heterocycles. The van der Waals surface area contributed by atoms with Crippen LogP contribution in [-0.2, 0) is 11.3 Å². The Morgan fingerprint density at radius 1 is 1.33 bits per heavy atom. The molecule has 1 aromatic carbocycles. The van der Waals surface area contributed by atoms with E-state index in [9.17, 15) is 4.79 Å². The third kappa shape index (κ3) is 3.10. The maximum atomic E-state index is 12.3. The standard InChI is InChI=1S/C15H22N2O/c1-12-14(18)17(11-15(2,3)10-16-12)9-13-7-5-4-6-8-13/h4-8,12,16H,9-11H2,1-3H3. The van der Waals surface area contributed by atoms with Crippen molar-refractivity contribution >= 4 is 5.91 Å². The molecule has 1 fully saturated rings. The highest BCUT2D eigenvalue weighted by atomic mass is 16.2. The van der Waals surface area contributed by atoms with Crippen molar-refractivity contribution in [3.8, 4) is 0 Å². The van der Waals surface area contributed by atoms with Crippen LogP contribution in [0.4, 0.5) is 0 Å². The summed E-state index contributed by atoms with van der Waals surface area (Å²) in [5, 5.41) is 3.31. The van der Waals surface area contributed by atoms with Crippen LogP contribution in [0.2, 0.25) is 0 Å². The lowest BCUT2D eigenvalue weighted by Gasteiger charge is -2.29. The minimum atomic E-state index is -0.0875. The number of hydrogen-bond acceptors (Lipinski definition) is 2. The normalized spacial score (nSPS) is 23.8. The maximum absolute atomic E-state index is 12.3. The molecular formula is C15H22N2O. The van der Waals surface area contributed by atoms with Crippen LogP contribution in [0.25, 0.3) is 0 Å². The van der Waals surface area contributed by atoms with E-state index in [0.717, 1.165) is 13.1 Å². The molecule has 1 unspecified atom stereocenters. The molecule has 3 heteroatoms. The first-order valence-corrected chi connectivity index (χ1v) is 6.54. The molecule has 98 valence electrons. The van der Waals surface area contributed by atoms with Gasteiger partial charge in [0.05, 0.1) is 6.04 Å². The third-order valence-corrected chi connectivity index (χ3v) is 3.40. The van der Waals surface area contributed by atoms with Crippen molar-refractivity contribution in [3.63, 3.8) is 0 Å². The number of amides is 1. The van der Waals surface area contributed by atoms with Gasteiger partial charge in [-0.2, -0.15) is 0 Å². The topological polar surface area (TPSA) is 32.3 Å². The van der Waals surface area contributed by atoms with E-state index in [2.05, 4.69) is 31.3 Å². The van der Waals surface area contributed by atoms with E-state index >= 15 is 0 Å². The zero-order valence-corrected chi connectivity index (χ0v) is 11.4. The molecule has 0 radical (unpaired) electrons. The number of nitrogens with one attached hydrogen (secondary N) is 1. The van der Waals surface area contributed by atoms with Crippen molar-refractivity contribution in [3.05, 3.63) is 35.9 Å². The second-order valence-electron chi connectivity index (χ2n) is 5.95. The first kappa shape index (κ1) is 13.1. The van der Waals surface area contributed by atoms with Gasteiger partial charge in [0.15, 0.2) is 0 Å². The van der Waals surface area contributed by atoms with Crippen LogP contribution >= 0.6 is 0 Å². The molecule has 0 saturated carbocycles. The molecule has 1 aromatic rings. The van der Waals surface area contributed by atoms with Gasteiger partial charge in [-0.25, -0.2) is 0 Å². The quantitative estimate of drug-likeness (QED) is 0.866. The molecule has 0 spiro atoms. The minimum Gasteiger partial charge on any atom is -0.336 e. The van der Waals surface area contributed by atoms with Crippen molar-refractivity contribution in [2.75, 3.05) is 13.1 Å². The fraction of sp³-hybridized carbons (Fsp3) is 0.533. The summed E-state index contributed by atoms with van der Waals surface area (Å²) < 4.78 is 0. The lowest BCUT2D eigenvalue weighted by Crippen LogP contribution is -2.41. The Morgan fingerprint density at radius 2 is 2.00 bits per heavy atom. The van der Waals surface area contributed by atoms with Gasteiger partial charge in [0.2, 0.25) is 5.91 Å². The zero-order chi connectivity index (χ0) is 13.2. The fourth-order valence-electron chi connectivity index (χ4n) is 2.38. The molecule has 1 aliphatic rings. The van der Waals surface area contributed by atoms with Crippen LogP contribution in [0, 0.1) is 5.41 Å². The monoisotopic (exact) mass is 246 g/mol. The van der Waals surface area contributed by atoms with Gasteiger partial charge in [-0.3, -0.25) is 4.79 Å². The van der Waals surface area contributed by atoms with Gasteiger partial charge in [0.25, 0.3) is 0 Å². The zero-order valence-electron chi connectivity index (χ0n) is 11.4. The summed E-state index contributed by atoms with van der Waals surface area (Å²) in [4.78, 5) is 14.3. The molecule has 1 N–H and O–H groups in total. The summed E-state index contributed by atoms with van der Waals surface area (Å²) >= 11 is 0. The van der Waals surface area contributed by atoms with Gasteiger partial charge in [0, 0.05) is 19.6 Å². The van der Waals surface area contributed by atoms with Gasteiger partial charge < -0.3 is 10.2 Å². The number of hydrogen-bond donors (Lipinski definition) is 1. The number of rotatable bonds is 2. The molecule has 2 rings (SSSR count). The summed E-state index contributed by atoms with van der Waals surface area (Å²) in [6, 6.07) is 10.1. The fourth-order valence-corrected chi connectivity index (χ4v) is 2.38. The average molecular weight is 246 g/mol. The van der Waals surface area contributed by atoms with Crippen molar-refractivity contribution in [1.82, 2.24) is 10.2 Å². The van der Waals surface area contributed by atoms with Gasteiger partial charge >= 0.3 is 0 Å². The highest BCUT2D eigenvalue weighted by molar-refractivity contribution is 5.81. The second kappa shape index (κ2) is 5.11. The smallest absolute Gasteiger partial charge is 0.239 e. The van der Waals surface area contributed by atoms with Crippen LogP contribution in [0.1, 0.15) is 26.3 Å². The van der Waals surface area contributed by atoms with Crippen molar-refractivity contribution in [2.24, 2.45) is 5.41 Å². The van der Waals surface area contributed by atoms with E-state index < -0.39 is 0 Å². The van der Waals surface area contributed by atoms with Crippen LogP contribution in [0.5, 0.6) is 0 Å². The number of nitrogens with zero attached hydrogens (tertiary/aromatic N) is 1. The number of carbonyl (C=O) groups excluding carboxylic acids is 1. The van der Waals surface area contributed by atoms with Crippen LogP contribution in [-0.4, -0.2) is 29.9 Å². The Hall–Kier alpha value is -1.35. The lowest BCUT2D eigenvalue weighted by atomic mass is 9.93. The Morgan fingerprint density at radius 3 is 2.67 bits per heavy atom. The lowest BCUT2D eigenvalue weighted by molar-refractivity contribution is -0.133. The minimum absolute atomic E-state index is 0.0875. The van der Waals surface area contributed by atoms with E-state index in [0.29, 0.717) is 6.54 Å². The summed E-state index contributed by atoms with van der Waals surface area (Å²) in [5.41, 5.74) is 1.31. The molecule has 0 bridgehead atoms. The Kier molecular flexibility index (Phi) is 3.71. The summed E-state index contributed by atoms with van der Waals surface area (Å²) in [6.07, 6.45) is 0. The largest absolute Gasteiger partial charge is 0.336 e. The van der Waals surface area contributed by atoms with E-state index in [1.165, 1.54) is 5.56 Å². The number of benzene rings is 1. The first-order chi connectivity index (χ1) is 8.48. The van der Waals surface area contributed by atoms with Gasteiger partial charge in [-0.05, 0) is 17.9 Å². The molecule has 0 aliphatic carbocycles. The molecule has 1 heterocycles. The Balaban J connectivity index is 2.15. The molecule has 1 amide bonds. The van der Waals surface area contributed by atoms with E-state index in [1.54, 1.807) is 0 Å². The van der Waals surface area contributed by atoms with Crippen molar-refractivity contribution in [1.29, 1.82) is 0 Å². The highest BCUT2D eigenvalue weighted by Gasteiger charge is 2.32. The summed E-state index contributed by atoms with van der Waals surface area (Å²) in [6.45, 7) is 8.73. The summed E-state index contributed by atoms with van der Waals surface area (Å²) in [5.74, 6) is 0.199. The predicted molar refractivity (Wildman–Crippen MR) is 73.1 cm³/mol. The SMILES string of the molecule is CC1NCC(C)(C)CN(Cc2ccccc2)C1=O. The molecule has 1 aliphatic heterocycles. The van der Waals surface area contributed by atoms with Crippen LogP contribution in [0.15, 0.2) is 30.3 Å². The van der Waals surface area contributed by atoms with Gasteiger partial charge in [0.1, 0.15) is 0 Å². The van der Waals surface area contributed by atoms with E-state index in [4.69, 9.17) is 0 Å². The second-order valence-corrected chi connectivity index (χ2v) is 5.95. The number of carbonyl (C=O) groups is 1.